The third-order valence-electron chi connectivity index (χ3n) is 8.94. The summed E-state index contributed by atoms with van der Waals surface area (Å²) in [6, 6.07) is 26.7. The Bertz CT molecular complexity index is 1890. The predicted octanol–water partition coefficient (Wildman–Crippen LogP) is 8.40. The highest BCUT2D eigenvalue weighted by atomic mass is 35.5. The maximum absolute atomic E-state index is 14.9. The van der Waals surface area contributed by atoms with E-state index in [0.717, 1.165) is 46.9 Å². The van der Waals surface area contributed by atoms with Crippen molar-refractivity contribution in [2.24, 2.45) is 0 Å². The summed E-state index contributed by atoms with van der Waals surface area (Å²) in [6.45, 7) is 1.42. The maximum Gasteiger partial charge on any atom is 0.264 e. The lowest BCUT2D eigenvalue weighted by molar-refractivity contribution is -0.140. The van der Waals surface area contributed by atoms with Gasteiger partial charge in [0.05, 0.1) is 17.2 Å². The van der Waals surface area contributed by atoms with E-state index in [1.165, 1.54) is 28.8 Å². The Morgan fingerprint density at radius 1 is 0.922 bits per heavy atom. The standard InChI is InChI=1S/C39H43Cl2N3O5S2/c1-3-49-37-17-11-10-16-35(37)44(51(47,48)33-22-20-32(50-2)21-23-33)27-38(45)43(26-29-18-19-30(40)25-34(29)41)36(24-28-12-6-4-7-13-28)39(46)42-31-14-8-5-9-15-31/h4,6-7,10-13,16-23,25,31,36H,3,5,8-9,14-15,24,26-27H2,1-2H3,(H,42,46). The molecule has 51 heavy (non-hydrogen) atoms. The zero-order chi connectivity index (χ0) is 36.4. The van der Waals surface area contributed by atoms with Crippen LogP contribution in [0.15, 0.2) is 107 Å². The van der Waals surface area contributed by atoms with Crippen molar-refractivity contribution >= 4 is 62.5 Å². The van der Waals surface area contributed by atoms with Crippen molar-refractivity contribution in [2.75, 3.05) is 23.7 Å². The molecule has 8 nitrogen and oxygen atoms in total. The molecule has 1 unspecified atom stereocenters. The number of rotatable bonds is 15. The molecule has 4 aromatic carbocycles. The van der Waals surface area contributed by atoms with Crippen molar-refractivity contribution in [1.82, 2.24) is 10.2 Å². The van der Waals surface area contributed by atoms with E-state index in [1.807, 2.05) is 36.6 Å². The van der Waals surface area contributed by atoms with E-state index in [2.05, 4.69) is 5.32 Å². The number of anilines is 1. The summed E-state index contributed by atoms with van der Waals surface area (Å²) in [6.07, 6.45) is 6.97. The molecule has 4 aromatic rings. The van der Waals surface area contributed by atoms with Gasteiger partial charge in [0, 0.05) is 33.9 Å². The molecule has 0 heterocycles. The lowest BCUT2D eigenvalue weighted by Gasteiger charge is -2.35. The molecule has 0 aliphatic heterocycles. The number of halogens is 2. The largest absolute Gasteiger partial charge is 0.492 e. The molecule has 0 radical (unpaired) electrons. The number of ether oxygens (including phenoxy) is 1. The molecule has 0 aromatic heterocycles. The Kier molecular flexibility index (Phi) is 13.7. The van der Waals surface area contributed by atoms with Crippen LogP contribution < -0.4 is 14.4 Å². The van der Waals surface area contributed by atoms with Crippen LogP contribution in [0.4, 0.5) is 5.69 Å². The third kappa shape index (κ3) is 10.0. The summed E-state index contributed by atoms with van der Waals surface area (Å²) in [5, 5.41) is 3.97. The minimum Gasteiger partial charge on any atom is -0.492 e. The number of thioether (sulfide) groups is 1. The Hall–Kier alpha value is -3.70. The van der Waals surface area contributed by atoms with Gasteiger partial charge in [0.1, 0.15) is 18.3 Å². The zero-order valence-electron chi connectivity index (χ0n) is 28.8. The average molecular weight is 769 g/mol. The molecule has 0 bridgehead atoms. The number of sulfonamides is 1. The summed E-state index contributed by atoms with van der Waals surface area (Å²) in [5.74, 6) is -0.586. The van der Waals surface area contributed by atoms with Gasteiger partial charge in [-0.05, 0) is 85.7 Å². The monoisotopic (exact) mass is 767 g/mol. The minimum absolute atomic E-state index is 0.0141. The lowest BCUT2D eigenvalue weighted by atomic mass is 9.94. The van der Waals surface area contributed by atoms with E-state index >= 15 is 0 Å². The Labute approximate surface area is 315 Å². The number of nitrogens with zero attached hydrogens (tertiary/aromatic N) is 2. The van der Waals surface area contributed by atoms with Gasteiger partial charge in [-0.25, -0.2) is 8.42 Å². The summed E-state index contributed by atoms with van der Waals surface area (Å²) >= 11 is 14.4. The quantitative estimate of drug-likeness (QED) is 0.122. The highest BCUT2D eigenvalue weighted by molar-refractivity contribution is 7.98. The number of amides is 2. The minimum atomic E-state index is -4.31. The van der Waals surface area contributed by atoms with Crippen molar-refractivity contribution in [3.05, 3.63) is 118 Å². The van der Waals surface area contributed by atoms with Gasteiger partial charge >= 0.3 is 0 Å². The van der Waals surface area contributed by atoms with Crippen LogP contribution in [0.1, 0.15) is 50.2 Å². The number of benzene rings is 4. The molecule has 1 aliphatic carbocycles. The molecule has 5 rings (SSSR count). The summed E-state index contributed by atoms with van der Waals surface area (Å²) in [4.78, 5) is 31.6. The second kappa shape index (κ2) is 18.2. The van der Waals surface area contributed by atoms with Gasteiger partial charge in [0.15, 0.2) is 0 Å². The molecule has 0 spiro atoms. The fourth-order valence-corrected chi connectivity index (χ4v) is 8.56. The molecule has 0 saturated heterocycles. The lowest BCUT2D eigenvalue weighted by Crippen LogP contribution is -2.55. The van der Waals surface area contributed by atoms with Gasteiger partial charge in [0.2, 0.25) is 11.8 Å². The van der Waals surface area contributed by atoms with Crippen LogP contribution in [-0.4, -0.2) is 56.6 Å². The smallest absolute Gasteiger partial charge is 0.264 e. The van der Waals surface area contributed by atoms with Crippen molar-refractivity contribution in [2.45, 2.75) is 73.9 Å². The van der Waals surface area contributed by atoms with Crippen molar-refractivity contribution < 1.29 is 22.7 Å². The van der Waals surface area contributed by atoms with Crippen LogP contribution >= 0.6 is 35.0 Å². The van der Waals surface area contributed by atoms with Crippen LogP contribution in [0.5, 0.6) is 5.75 Å². The number of para-hydroxylation sites is 2. The molecular weight excluding hydrogens is 725 g/mol. The fourth-order valence-electron chi connectivity index (χ4n) is 6.26. The maximum atomic E-state index is 14.9. The predicted molar refractivity (Wildman–Crippen MR) is 206 cm³/mol. The molecule has 1 aliphatic rings. The molecule has 1 atom stereocenters. The summed E-state index contributed by atoms with van der Waals surface area (Å²) in [7, 11) is -4.31. The zero-order valence-corrected chi connectivity index (χ0v) is 31.9. The second-order valence-electron chi connectivity index (χ2n) is 12.4. The van der Waals surface area contributed by atoms with E-state index in [-0.39, 0.29) is 42.1 Å². The average Bonchev–Trinajstić information content (AvgIpc) is 3.14. The van der Waals surface area contributed by atoms with Crippen LogP contribution in [0, 0.1) is 0 Å². The number of hydrogen-bond donors (Lipinski definition) is 1. The van der Waals surface area contributed by atoms with Crippen molar-refractivity contribution in [1.29, 1.82) is 0 Å². The third-order valence-corrected chi connectivity index (χ3v) is 12.0. The van der Waals surface area contributed by atoms with Crippen molar-refractivity contribution in [3.8, 4) is 5.75 Å². The van der Waals surface area contributed by atoms with E-state index in [4.69, 9.17) is 27.9 Å². The molecule has 270 valence electrons. The van der Waals surface area contributed by atoms with Gasteiger partial charge < -0.3 is 15.0 Å². The Morgan fingerprint density at radius 2 is 1.61 bits per heavy atom. The highest BCUT2D eigenvalue weighted by Crippen LogP contribution is 2.34. The topological polar surface area (TPSA) is 96.0 Å². The first-order valence-corrected chi connectivity index (χ1v) is 20.5. The van der Waals surface area contributed by atoms with Crippen LogP contribution in [0.25, 0.3) is 0 Å². The first-order chi connectivity index (χ1) is 24.6. The molecule has 2 amide bonds. The number of carbonyl (C=O) groups excluding carboxylic acids is 2. The molecule has 1 fully saturated rings. The highest BCUT2D eigenvalue weighted by Gasteiger charge is 2.36. The number of hydrogen-bond acceptors (Lipinski definition) is 6. The van der Waals surface area contributed by atoms with Crippen LogP contribution in [0.3, 0.4) is 0 Å². The van der Waals surface area contributed by atoms with E-state index in [1.54, 1.807) is 61.5 Å². The molecular formula is C39H43Cl2N3O5S2. The first-order valence-electron chi connectivity index (χ1n) is 17.1. The SMILES string of the molecule is CCOc1ccccc1N(CC(=O)N(Cc1ccc(Cl)cc1Cl)C(Cc1ccccc1)C(=O)NC1CCCCC1)S(=O)(=O)c1ccc(SC)cc1. The molecule has 1 saturated carbocycles. The van der Waals surface area contributed by atoms with Gasteiger partial charge in [-0.1, -0.05) is 91.0 Å². The number of nitrogens with one attached hydrogen (secondary N) is 1. The fraction of sp³-hybridized carbons (Fsp3) is 0.333. The number of carbonyl (C=O) groups is 2. The Balaban J connectivity index is 1.61. The summed E-state index contributed by atoms with van der Waals surface area (Å²) in [5.41, 5.74) is 1.62. The van der Waals surface area contributed by atoms with Gasteiger partial charge in [0.25, 0.3) is 10.0 Å². The van der Waals surface area contributed by atoms with E-state index in [0.29, 0.717) is 21.4 Å². The van der Waals surface area contributed by atoms with Gasteiger partial charge in [-0.3, -0.25) is 13.9 Å². The Morgan fingerprint density at radius 3 is 2.27 bits per heavy atom. The normalized spacial score (nSPS) is 14.0. The van der Waals surface area contributed by atoms with E-state index < -0.39 is 28.5 Å². The van der Waals surface area contributed by atoms with Crippen molar-refractivity contribution in [3.63, 3.8) is 0 Å². The summed E-state index contributed by atoms with van der Waals surface area (Å²) < 4.78 is 36.0. The molecule has 1 N–H and O–H groups in total. The van der Waals surface area contributed by atoms with Crippen LogP contribution in [-0.2, 0) is 32.6 Å². The first kappa shape index (κ1) is 38.5. The molecule has 12 heteroatoms. The van der Waals surface area contributed by atoms with Crippen LogP contribution in [0.2, 0.25) is 10.0 Å². The second-order valence-corrected chi connectivity index (χ2v) is 16.0. The van der Waals surface area contributed by atoms with Gasteiger partial charge in [-0.2, -0.15) is 0 Å². The van der Waals surface area contributed by atoms with Gasteiger partial charge in [-0.15, -0.1) is 11.8 Å². The van der Waals surface area contributed by atoms with E-state index in [9.17, 15) is 18.0 Å².